The van der Waals surface area contributed by atoms with E-state index >= 15 is 0 Å². The van der Waals surface area contributed by atoms with Crippen molar-refractivity contribution in [2.24, 2.45) is 0 Å². The van der Waals surface area contributed by atoms with Gasteiger partial charge in [-0.3, -0.25) is 32.4 Å². The van der Waals surface area contributed by atoms with Crippen LogP contribution in [0.25, 0.3) is 0 Å². The minimum Gasteiger partial charge on any atom is -0.444 e. The van der Waals surface area contributed by atoms with Crippen molar-refractivity contribution in [1.82, 2.24) is 44.6 Å². The number of nitrogens with zero attached hydrogens (tertiary/aromatic N) is 9. The fourth-order valence-corrected chi connectivity index (χ4v) is 16.9. The lowest BCUT2D eigenvalue weighted by atomic mass is 9.94. The third kappa shape index (κ3) is 24.8. The van der Waals surface area contributed by atoms with Crippen LogP contribution in [-0.2, 0) is 64.7 Å². The standard InChI is InChI=1S/C26H31N5O4S2.C23H29N5O3S2.C23H29N5O2S2.C3H3ClO/c1-5-21(32)29-18-10-8-17(9-11-18)24(33)31-12-6-7-19(15-31)30-25-28-14-23(36-25)37(34)16-22-27-13-20(35-22)26(2,3)4;1-23(2,3)18-11-25-19(31-18)14-33(30)20-12-26-22(32-20)27-17-5-4-10-28(13-17)21(29)15-6-8-16(24)9-7-15;1-23(2,3)18-11-25-19(30-18)14-31-20-12-26-22(32-20)27-17-5-4-10-28(13-17)21(29)15-6-8-16(24)9-7-15;1-2-3(4)5/h5,8-11,13-14,19H,1,6-7,12,15-16H2,2-4H3,(H,28,30)(H,29,32);6-9,11-12,17H,4-5,10,13-14,24H2,1-3H3,(H,26,27);6-9,11-12,17H,4-5,10,13-14,24H2,1-3H3,(H,26,27);2H,1H2/t19-,37?;17-,33?;17-;/m111./s1. The predicted octanol–water partition coefficient (Wildman–Crippen LogP) is 14.6. The van der Waals surface area contributed by atoms with Crippen LogP contribution in [0.15, 0.2) is 161 Å². The Morgan fingerprint density at radius 3 is 1.22 bits per heavy atom. The number of allylic oxidation sites excluding steroid dienone is 1. The summed E-state index contributed by atoms with van der Waals surface area (Å²) >= 11 is 10.7. The van der Waals surface area contributed by atoms with Crippen LogP contribution in [0.2, 0.25) is 0 Å². The number of anilines is 6. The van der Waals surface area contributed by atoms with Gasteiger partial charge in [0.25, 0.3) is 17.7 Å². The first kappa shape index (κ1) is 82.2. The first-order chi connectivity index (χ1) is 50.8. The van der Waals surface area contributed by atoms with Crippen molar-refractivity contribution in [3.8, 4) is 0 Å². The monoisotopic (exact) mass is 1590 g/mol. The van der Waals surface area contributed by atoms with Crippen molar-refractivity contribution >= 4 is 140 Å². The van der Waals surface area contributed by atoms with Crippen LogP contribution >= 0.6 is 57.4 Å². The third-order valence-corrected chi connectivity index (χ3v) is 24.2. The van der Waals surface area contributed by atoms with Crippen molar-refractivity contribution < 1.29 is 45.6 Å². The molecule has 3 aromatic carbocycles. The Morgan fingerprint density at radius 2 is 0.869 bits per heavy atom. The molecule has 3 aliphatic rings. The number of hydrogen-bond donors (Lipinski definition) is 6. The molecule has 2 unspecified atom stereocenters. The fourth-order valence-electron chi connectivity index (χ4n) is 11.0. The van der Waals surface area contributed by atoms with Gasteiger partial charge in [0, 0.05) is 107 Å². The van der Waals surface area contributed by atoms with Gasteiger partial charge in [-0.2, -0.15) is 0 Å². The Morgan fingerprint density at radius 1 is 0.523 bits per heavy atom. The molecule has 4 amide bonds. The van der Waals surface area contributed by atoms with Crippen LogP contribution in [0.4, 0.5) is 32.5 Å². The molecule has 570 valence electrons. The van der Waals surface area contributed by atoms with Gasteiger partial charge in [0.05, 0.1) is 68.7 Å². The number of nitrogen functional groups attached to an aromatic ring is 2. The van der Waals surface area contributed by atoms with Crippen molar-refractivity contribution in [2.45, 2.75) is 165 Å². The molecule has 3 saturated heterocycles. The van der Waals surface area contributed by atoms with E-state index in [0.29, 0.717) is 96.1 Å². The molecule has 0 radical (unpaired) electrons. The lowest BCUT2D eigenvalue weighted by Gasteiger charge is -2.33. The van der Waals surface area contributed by atoms with Crippen LogP contribution in [0.1, 0.15) is 167 Å². The molecule has 32 heteroatoms. The van der Waals surface area contributed by atoms with Gasteiger partial charge in [0.2, 0.25) is 28.8 Å². The molecule has 0 aliphatic carbocycles. The Kier molecular flexibility index (Phi) is 29.0. The highest BCUT2D eigenvalue weighted by Crippen LogP contribution is 2.35. The molecule has 3 aliphatic heterocycles. The average molecular weight is 1590 g/mol. The average Bonchev–Trinajstić information content (AvgIpc) is 1.61. The van der Waals surface area contributed by atoms with Gasteiger partial charge in [0.15, 0.2) is 15.4 Å². The van der Waals surface area contributed by atoms with Gasteiger partial charge in [0.1, 0.15) is 37.2 Å². The second kappa shape index (κ2) is 37.8. The van der Waals surface area contributed by atoms with E-state index in [-0.39, 0.29) is 69.5 Å². The van der Waals surface area contributed by atoms with Gasteiger partial charge in [-0.25, -0.2) is 29.9 Å². The zero-order valence-electron chi connectivity index (χ0n) is 61.4. The number of nitrogens with one attached hydrogen (secondary N) is 4. The van der Waals surface area contributed by atoms with Crippen LogP contribution in [-0.4, -0.2) is 139 Å². The number of aromatic nitrogens is 6. The molecule has 3 fully saturated rings. The Balaban J connectivity index is 0.000000180. The lowest BCUT2D eigenvalue weighted by molar-refractivity contribution is -0.112. The first-order valence-electron chi connectivity index (χ1n) is 34.7. The van der Waals surface area contributed by atoms with Crippen molar-refractivity contribution in [2.75, 3.05) is 72.0 Å². The molecular weight excluding hydrogens is 1500 g/mol. The number of benzene rings is 3. The smallest absolute Gasteiger partial charge is 0.253 e. The molecule has 5 atom stereocenters. The fraction of sp³-hybridized carbons (Fsp3) is 0.400. The SMILES string of the molecule is C=CC(=O)Cl.C=CC(=O)Nc1ccc(C(=O)N2CCC[C@@H](Nc3ncc(S(=O)Cc4ncc(C(C)(C)C)o4)s3)C2)cc1.CC(C)(C)c1cnc(CS(=O)c2cnc(N[C@@H]3CCCN(C(=O)c4ccc(N)cc4)C3)s2)o1.CC(C)(C)c1cnc(CSc2cnc(N[C@@H]3CCCN(C(=O)c4ccc(N)cc4)C3)s2)o1. The van der Waals surface area contributed by atoms with E-state index in [0.717, 1.165) is 90.2 Å². The highest BCUT2D eigenvalue weighted by Gasteiger charge is 2.30. The summed E-state index contributed by atoms with van der Waals surface area (Å²) in [6.07, 6.45) is 18.2. The highest BCUT2D eigenvalue weighted by atomic mass is 35.5. The topological polar surface area (TPSA) is 346 Å². The number of halogens is 1. The maximum absolute atomic E-state index is 13.0. The van der Waals surface area contributed by atoms with E-state index in [9.17, 15) is 32.4 Å². The Bertz CT molecular complexity index is 4530. The number of amides is 4. The van der Waals surface area contributed by atoms with Gasteiger partial charge in [-0.15, -0.1) is 11.8 Å². The van der Waals surface area contributed by atoms with E-state index < -0.39 is 26.8 Å². The molecule has 107 heavy (non-hydrogen) atoms. The summed E-state index contributed by atoms with van der Waals surface area (Å²) in [6, 6.07) is 21.2. The Hall–Kier alpha value is -8.85. The summed E-state index contributed by atoms with van der Waals surface area (Å²) in [5.74, 6) is 4.84. The van der Waals surface area contributed by atoms with E-state index in [1.165, 1.54) is 28.7 Å². The maximum atomic E-state index is 13.0. The highest BCUT2D eigenvalue weighted by molar-refractivity contribution is 8.00. The zero-order chi connectivity index (χ0) is 77.2. The molecule has 9 aromatic rings. The Labute approximate surface area is 650 Å². The molecule has 0 bridgehead atoms. The lowest BCUT2D eigenvalue weighted by Crippen LogP contribution is -2.45. The van der Waals surface area contributed by atoms with Gasteiger partial charge < -0.3 is 60.7 Å². The normalized spacial score (nSPS) is 16.6. The quantitative estimate of drug-likeness (QED) is 0.0168. The minimum absolute atomic E-state index is 0.00278. The molecule has 6 aromatic heterocycles. The largest absolute Gasteiger partial charge is 0.444 e. The molecule has 0 spiro atoms. The van der Waals surface area contributed by atoms with Crippen molar-refractivity contribution in [3.05, 3.63) is 187 Å². The van der Waals surface area contributed by atoms with E-state index in [1.54, 1.807) is 121 Å². The van der Waals surface area contributed by atoms with Crippen molar-refractivity contribution in [1.29, 1.82) is 0 Å². The number of likely N-dealkylation sites (tertiary alicyclic amines) is 3. The number of hydrogen-bond acceptors (Lipinski definition) is 25. The number of thiazole rings is 3. The number of rotatable bonds is 21. The predicted molar refractivity (Wildman–Crippen MR) is 427 cm³/mol. The van der Waals surface area contributed by atoms with Gasteiger partial charge in [-0.1, -0.05) is 109 Å². The minimum atomic E-state index is -1.32. The van der Waals surface area contributed by atoms with Crippen molar-refractivity contribution in [3.63, 3.8) is 0 Å². The number of carbonyl (C=O) groups excluding carboxylic acids is 5. The number of oxazole rings is 3. The third-order valence-electron chi connectivity index (χ3n) is 16.8. The number of nitrogens with two attached hydrogens (primary N) is 2. The molecule has 9 heterocycles. The second-order valence-corrected chi connectivity index (χ2v) is 36.6. The number of piperidine rings is 3. The summed E-state index contributed by atoms with van der Waals surface area (Å²) in [6.45, 7) is 29.1. The number of carbonyl (C=O) groups is 5. The summed E-state index contributed by atoms with van der Waals surface area (Å²) < 4.78 is 45.5. The van der Waals surface area contributed by atoms with Crippen LogP contribution in [0, 0.1) is 0 Å². The second-order valence-electron chi connectivity index (χ2n) is 28.6. The van der Waals surface area contributed by atoms with Gasteiger partial charge in [-0.05, 0) is 135 Å². The molecule has 12 rings (SSSR count). The van der Waals surface area contributed by atoms with Crippen LogP contribution < -0.4 is 32.7 Å². The van der Waals surface area contributed by atoms with Crippen LogP contribution in [0.3, 0.4) is 0 Å². The van der Waals surface area contributed by atoms with E-state index in [2.05, 4.69) is 85.1 Å². The molecule has 0 saturated carbocycles. The zero-order valence-corrected chi connectivity index (χ0v) is 67.0. The van der Waals surface area contributed by atoms with E-state index in [4.69, 9.17) is 36.3 Å². The first-order valence-corrected chi connectivity index (χ1v) is 41.2. The maximum Gasteiger partial charge on any atom is 0.253 e. The summed E-state index contributed by atoms with van der Waals surface area (Å²) in [4.78, 5) is 91.4. The van der Waals surface area contributed by atoms with E-state index in [1.807, 2.05) is 68.6 Å². The summed E-state index contributed by atoms with van der Waals surface area (Å²) in [5, 5.41) is 14.7. The van der Waals surface area contributed by atoms with Crippen LogP contribution in [0.5, 0.6) is 0 Å². The summed E-state index contributed by atoms with van der Waals surface area (Å²) in [5.41, 5.74) is 14.9. The molecule has 25 nitrogen and oxygen atoms in total. The summed E-state index contributed by atoms with van der Waals surface area (Å²) in [7, 11) is -2.61. The molecule has 8 N–H and O–H groups in total. The van der Waals surface area contributed by atoms with Gasteiger partial charge >= 0.3 is 0 Å². The molecular formula is C75H92ClN15O10S6. The number of thioether (sulfide) groups is 1.